The Hall–Kier alpha value is -3.08. The fourth-order valence-corrected chi connectivity index (χ4v) is 6.04. The molecule has 3 aromatic carbocycles. The van der Waals surface area contributed by atoms with Gasteiger partial charge in [0.2, 0.25) is 0 Å². The van der Waals surface area contributed by atoms with Crippen molar-refractivity contribution in [2.45, 2.75) is 32.5 Å². The molecule has 1 fully saturated rings. The van der Waals surface area contributed by atoms with Crippen LogP contribution in [0.2, 0.25) is 0 Å². The highest BCUT2D eigenvalue weighted by molar-refractivity contribution is 6.01. The number of rotatable bonds is 7. The Bertz CT molecular complexity index is 1190. The predicted octanol–water partition coefficient (Wildman–Crippen LogP) is 6.68. The highest BCUT2D eigenvalue weighted by Gasteiger charge is 2.28. The summed E-state index contributed by atoms with van der Waals surface area (Å²) >= 11 is 0. The molecule has 0 radical (unpaired) electrons. The zero-order chi connectivity index (χ0) is 25.1. The van der Waals surface area contributed by atoms with E-state index in [1.165, 1.54) is 39.1 Å². The van der Waals surface area contributed by atoms with Gasteiger partial charge in [-0.1, -0.05) is 55.5 Å². The third-order valence-corrected chi connectivity index (χ3v) is 7.87. The molecule has 5 rings (SSSR count). The molecule has 4 heteroatoms. The Morgan fingerprint density at radius 3 is 2.14 bits per heavy atom. The molecule has 0 N–H and O–H groups in total. The van der Waals surface area contributed by atoms with Gasteiger partial charge in [0.25, 0.3) is 0 Å². The molecule has 0 aromatic heterocycles. The molecule has 0 saturated carbocycles. The summed E-state index contributed by atoms with van der Waals surface area (Å²) in [5.74, 6) is 1.79. The number of allylic oxidation sites excluding steroid dienone is 1. The van der Waals surface area contributed by atoms with Gasteiger partial charge in [-0.05, 0) is 82.8 Å². The average molecular weight is 484 g/mol. The largest absolute Gasteiger partial charge is 0.497 e. The predicted molar refractivity (Wildman–Crippen MR) is 147 cm³/mol. The molecule has 188 valence electrons. The number of ether oxygens (including phenoxy) is 3. The van der Waals surface area contributed by atoms with E-state index < -0.39 is 0 Å². The van der Waals surface area contributed by atoms with Crippen molar-refractivity contribution in [3.63, 3.8) is 0 Å². The number of hydrogen-bond acceptors (Lipinski definition) is 4. The van der Waals surface area contributed by atoms with Crippen molar-refractivity contribution in [3.8, 4) is 5.75 Å². The summed E-state index contributed by atoms with van der Waals surface area (Å²) in [7, 11) is 5.21. The van der Waals surface area contributed by atoms with Crippen LogP contribution in [-0.4, -0.2) is 40.7 Å². The first-order chi connectivity index (χ1) is 17.6. The topological polar surface area (TPSA) is 30.9 Å². The minimum Gasteiger partial charge on any atom is -0.497 e. The first-order valence-electron chi connectivity index (χ1n) is 13.0. The van der Waals surface area contributed by atoms with Crippen molar-refractivity contribution in [2.24, 2.45) is 11.8 Å². The van der Waals surface area contributed by atoms with Gasteiger partial charge >= 0.3 is 0 Å². The lowest BCUT2D eigenvalue weighted by Crippen LogP contribution is -2.39. The van der Waals surface area contributed by atoms with Crippen molar-refractivity contribution < 1.29 is 14.2 Å². The van der Waals surface area contributed by atoms with Crippen LogP contribution < -0.4 is 9.64 Å². The second-order valence-electron chi connectivity index (χ2n) is 9.99. The van der Waals surface area contributed by atoms with Crippen LogP contribution >= 0.6 is 0 Å². The van der Waals surface area contributed by atoms with Crippen LogP contribution in [0.4, 0.5) is 5.69 Å². The van der Waals surface area contributed by atoms with Crippen molar-refractivity contribution in [2.75, 3.05) is 39.3 Å². The van der Waals surface area contributed by atoms with Crippen molar-refractivity contribution in [1.82, 2.24) is 0 Å². The Kier molecular flexibility index (Phi) is 7.45. The number of methoxy groups -OCH3 is 3. The highest BCUT2D eigenvalue weighted by atomic mass is 16.7. The van der Waals surface area contributed by atoms with E-state index in [0.717, 1.165) is 38.1 Å². The Morgan fingerprint density at radius 2 is 1.50 bits per heavy atom. The molecule has 1 atom stereocenters. The van der Waals surface area contributed by atoms with Crippen LogP contribution in [0.1, 0.15) is 42.0 Å². The molecule has 1 heterocycles. The van der Waals surface area contributed by atoms with Crippen LogP contribution in [-0.2, 0) is 15.9 Å². The maximum absolute atomic E-state index is 5.55. The van der Waals surface area contributed by atoms with E-state index in [1.807, 2.05) is 0 Å². The quantitative estimate of drug-likeness (QED) is 0.351. The Morgan fingerprint density at radius 1 is 0.806 bits per heavy atom. The molecular formula is C32H37NO3. The maximum atomic E-state index is 5.55. The van der Waals surface area contributed by atoms with Crippen LogP contribution in [0, 0.1) is 11.8 Å². The standard InChI is InChI=1S/C32H37NO3/c1-22-20-26-21-28(34-2)14-15-29(26)31(30(22)23-8-6-5-7-9-23)24-10-12-27(13-11-24)33-18-16-25(17-19-33)32(35-3)36-4/h5-15,21-22,25,32H,16-20H2,1-4H3/t22-/m0/s1. The highest BCUT2D eigenvalue weighted by Crippen LogP contribution is 2.44. The van der Waals surface area contributed by atoms with Gasteiger partial charge in [0.1, 0.15) is 5.75 Å². The summed E-state index contributed by atoms with van der Waals surface area (Å²) in [6.07, 6.45) is 3.05. The SMILES string of the molecule is COc1ccc2c(c1)C[C@H](C)C(c1ccccc1)=C2c1ccc(N2CCC(C(OC)OC)CC2)cc1. The molecule has 1 aliphatic carbocycles. The fraction of sp³-hybridized carbons (Fsp3) is 0.375. The molecule has 0 unspecified atom stereocenters. The second kappa shape index (κ2) is 10.9. The van der Waals surface area contributed by atoms with Gasteiger partial charge in [-0.3, -0.25) is 0 Å². The smallest absolute Gasteiger partial charge is 0.159 e. The summed E-state index contributed by atoms with van der Waals surface area (Å²) in [4.78, 5) is 2.48. The van der Waals surface area contributed by atoms with Crippen LogP contribution in [0.3, 0.4) is 0 Å². The number of hydrogen-bond donors (Lipinski definition) is 0. The summed E-state index contributed by atoms with van der Waals surface area (Å²) in [6.45, 7) is 4.38. The molecule has 0 spiro atoms. The minimum absolute atomic E-state index is 0.107. The lowest BCUT2D eigenvalue weighted by molar-refractivity contribution is -0.141. The summed E-state index contributed by atoms with van der Waals surface area (Å²) < 4.78 is 16.6. The molecule has 0 amide bonds. The van der Waals surface area contributed by atoms with E-state index in [0.29, 0.717) is 11.8 Å². The van der Waals surface area contributed by atoms with Gasteiger partial charge in [-0.25, -0.2) is 0 Å². The number of anilines is 1. The van der Waals surface area contributed by atoms with E-state index in [9.17, 15) is 0 Å². The van der Waals surface area contributed by atoms with Gasteiger partial charge in [0.15, 0.2) is 6.29 Å². The van der Waals surface area contributed by atoms with Gasteiger partial charge in [0, 0.05) is 38.9 Å². The van der Waals surface area contributed by atoms with E-state index in [-0.39, 0.29) is 6.29 Å². The molecule has 0 bridgehead atoms. The zero-order valence-electron chi connectivity index (χ0n) is 21.9. The summed E-state index contributed by atoms with van der Waals surface area (Å²) in [6, 6.07) is 26.6. The number of fused-ring (bicyclic) bond motifs is 1. The lowest BCUT2D eigenvalue weighted by atomic mass is 9.74. The molecule has 36 heavy (non-hydrogen) atoms. The number of piperidine rings is 1. The summed E-state index contributed by atoms with van der Waals surface area (Å²) in [5.41, 5.74) is 9.28. The lowest BCUT2D eigenvalue weighted by Gasteiger charge is -2.36. The zero-order valence-corrected chi connectivity index (χ0v) is 21.9. The van der Waals surface area contributed by atoms with Gasteiger partial charge in [-0.2, -0.15) is 0 Å². The molecule has 2 aliphatic rings. The van der Waals surface area contributed by atoms with Crippen LogP contribution in [0.25, 0.3) is 11.1 Å². The van der Waals surface area contributed by atoms with Gasteiger partial charge < -0.3 is 19.1 Å². The Labute approximate surface area is 215 Å². The van der Waals surface area contributed by atoms with Crippen LogP contribution in [0.5, 0.6) is 5.75 Å². The number of nitrogens with zero attached hydrogens (tertiary/aromatic N) is 1. The first kappa shape index (κ1) is 24.6. The van der Waals surface area contributed by atoms with Gasteiger partial charge in [-0.15, -0.1) is 0 Å². The van der Waals surface area contributed by atoms with Crippen molar-refractivity contribution >= 4 is 16.8 Å². The minimum atomic E-state index is -0.107. The normalized spacial score (nSPS) is 18.5. The molecule has 1 aliphatic heterocycles. The van der Waals surface area contributed by atoms with E-state index in [4.69, 9.17) is 14.2 Å². The molecule has 4 nitrogen and oxygen atoms in total. The monoisotopic (exact) mass is 483 g/mol. The van der Waals surface area contributed by atoms with E-state index in [2.05, 4.69) is 84.6 Å². The third kappa shape index (κ3) is 4.80. The fourth-order valence-electron chi connectivity index (χ4n) is 6.04. The molecule has 1 saturated heterocycles. The van der Waals surface area contributed by atoms with Crippen molar-refractivity contribution in [3.05, 3.63) is 95.1 Å². The summed E-state index contributed by atoms with van der Waals surface area (Å²) in [5, 5.41) is 0. The average Bonchev–Trinajstić information content (AvgIpc) is 2.93. The second-order valence-corrected chi connectivity index (χ2v) is 9.99. The van der Waals surface area contributed by atoms with Crippen LogP contribution in [0.15, 0.2) is 72.8 Å². The maximum Gasteiger partial charge on any atom is 0.159 e. The third-order valence-electron chi connectivity index (χ3n) is 7.87. The van der Waals surface area contributed by atoms with Gasteiger partial charge in [0.05, 0.1) is 7.11 Å². The van der Waals surface area contributed by atoms with E-state index >= 15 is 0 Å². The van der Waals surface area contributed by atoms with E-state index in [1.54, 1.807) is 21.3 Å². The molecule has 3 aromatic rings. The molecular weight excluding hydrogens is 446 g/mol. The number of benzene rings is 3. The first-order valence-corrected chi connectivity index (χ1v) is 13.0. The Balaban J connectivity index is 1.48. The van der Waals surface area contributed by atoms with Crippen molar-refractivity contribution in [1.29, 1.82) is 0 Å².